The number of rotatable bonds is 5. The van der Waals surface area contributed by atoms with Crippen molar-refractivity contribution in [2.24, 2.45) is 0 Å². The molecule has 0 aliphatic rings. The SMILES string of the molecule is CS(=O)(=O)c1ncc(-c2cc3c(-c4cc5c(-c6ccc(F)s6)cccc5[nH]4)n[nH]c3cn2)n1S(C)(=O)=O. The number of aromatic nitrogens is 6. The average Bonchev–Trinajstić information content (AvgIpc) is 3.60. The van der Waals surface area contributed by atoms with E-state index in [-0.39, 0.29) is 16.5 Å². The molecule has 5 aromatic heterocycles. The van der Waals surface area contributed by atoms with Crippen LogP contribution in [0.15, 0.2) is 60.0 Å². The third-order valence-electron chi connectivity index (χ3n) is 5.82. The van der Waals surface area contributed by atoms with Crippen LogP contribution >= 0.6 is 11.3 Å². The summed E-state index contributed by atoms with van der Waals surface area (Å²) in [5.74, 6) is 0. The molecule has 0 saturated heterocycles. The number of sulfone groups is 1. The zero-order valence-corrected chi connectivity index (χ0v) is 21.7. The van der Waals surface area contributed by atoms with E-state index >= 15 is 0 Å². The first-order valence-electron chi connectivity index (χ1n) is 10.7. The molecular formula is C23H17FN6O4S3. The summed E-state index contributed by atoms with van der Waals surface area (Å²) < 4.78 is 63.7. The Morgan fingerprint density at radius 2 is 1.76 bits per heavy atom. The van der Waals surface area contributed by atoms with Gasteiger partial charge in [-0.25, -0.2) is 25.8 Å². The molecule has 6 aromatic rings. The van der Waals surface area contributed by atoms with Gasteiger partial charge in [-0.2, -0.15) is 9.49 Å². The fourth-order valence-electron chi connectivity index (χ4n) is 4.28. The first-order valence-corrected chi connectivity index (χ1v) is 15.3. The van der Waals surface area contributed by atoms with Gasteiger partial charge < -0.3 is 4.98 Å². The van der Waals surface area contributed by atoms with Crippen molar-refractivity contribution in [2.45, 2.75) is 5.16 Å². The number of nitrogens with one attached hydrogen (secondary N) is 2. The Bertz CT molecular complexity index is 2070. The molecule has 0 radical (unpaired) electrons. The summed E-state index contributed by atoms with van der Waals surface area (Å²) in [6, 6.07) is 12.4. The Hall–Kier alpha value is -3.88. The quantitative estimate of drug-likeness (QED) is 0.326. The van der Waals surface area contributed by atoms with Gasteiger partial charge in [-0.15, -0.1) is 11.3 Å². The van der Waals surface area contributed by atoms with Crippen molar-refractivity contribution in [1.82, 2.24) is 29.1 Å². The molecule has 188 valence electrons. The molecule has 0 unspecified atom stereocenters. The summed E-state index contributed by atoms with van der Waals surface area (Å²) in [7, 11) is -7.95. The number of halogens is 1. The largest absolute Gasteiger partial charge is 0.353 e. The van der Waals surface area contributed by atoms with Crippen LogP contribution in [0.25, 0.3) is 55.0 Å². The summed E-state index contributed by atoms with van der Waals surface area (Å²) in [4.78, 5) is 12.3. The predicted octanol–water partition coefficient (Wildman–Crippen LogP) is 4.05. The van der Waals surface area contributed by atoms with Crippen molar-refractivity contribution in [3.8, 4) is 33.2 Å². The third-order valence-corrected chi connectivity index (χ3v) is 8.83. The molecule has 1 aromatic carbocycles. The Labute approximate surface area is 213 Å². The second-order valence-corrected chi connectivity index (χ2v) is 13.2. The van der Waals surface area contributed by atoms with Crippen LogP contribution in [0.5, 0.6) is 0 Å². The van der Waals surface area contributed by atoms with Crippen molar-refractivity contribution >= 4 is 53.0 Å². The van der Waals surface area contributed by atoms with Crippen molar-refractivity contribution in [2.75, 3.05) is 12.5 Å². The number of aromatic amines is 2. The molecule has 0 aliphatic carbocycles. The Morgan fingerprint density at radius 3 is 2.46 bits per heavy atom. The summed E-state index contributed by atoms with van der Waals surface area (Å²) >= 11 is 1.06. The number of hydrogen-bond donors (Lipinski definition) is 2. The van der Waals surface area contributed by atoms with Gasteiger partial charge in [0, 0.05) is 33.0 Å². The maximum Gasteiger partial charge on any atom is 0.241 e. The Morgan fingerprint density at radius 1 is 0.946 bits per heavy atom. The van der Waals surface area contributed by atoms with Gasteiger partial charge in [0.25, 0.3) is 0 Å². The molecule has 0 aliphatic heterocycles. The van der Waals surface area contributed by atoms with Gasteiger partial charge in [-0.3, -0.25) is 10.1 Å². The summed E-state index contributed by atoms with van der Waals surface area (Å²) in [6.45, 7) is 0. The van der Waals surface area contributed by atoms with Gasteiger partial charge >= 0.3 is 0 Å². The van der Waals surface area contributed by atoms with Gasteiger partial charge in [-0.05, 0) is 30.3 Å². The van der Waals surface area contributed by atoms with Crippen LogP contribution < -0.4 is 0 Å². The van der Waals surface area contributed by atoms with E-state index in [1.165, 1.54) is 18.5 Å². The van der Waals surface area contributed by atoms with Gasteiger partial charge in [0.05, 0.1) is 35.6 Å². The highest BCUT2D eigenvalue weighted by Gasteiger charge is 2.26. The standard InChI is InChI=1S/C23H17FN6O4S3/c1-36(31,32)23-26-11-19(30(23)37(2,33)34)16-9-14-18(10-25-16)28-29-22(14)17-8-13-12(4-3-5-15(13)27-17)20-6-7-21(24)35-20/h3-11,27H,1-2H3,(H,28,29). The minimum absolute atomic E-state index is 0.00984. The molecule has 0 spiro atoms. The van der Waals surface area contributed by atoms with Crippen LogP contribution in [0.4, 0.5) is 4.39 Å². The highest BCUT2D eigenvalue weighted by Crippen LogP contribution is 2.37. The maximum atomic E-state index is 13.7. The number of benzene rings is 1. The van der Waals surface area contributed by atoms with Crippen LogP contribution in [0.3, 0.4) is 0 Å². The van der Waals surface area contributed by atoms with Crippen LogP contribution in [0.1, 0.15) is 0 Å². The van der Waals surface area contributed by atoms with Gasteiger partial charge in [0.2, 0.25) is 25.0 Å². The van der Waals surface area contributed by atoms with Crippen LogP contribution in [0, 0.1) is 5.13 Å². The number of hydrogen-bond acceptors (Lipinski definition) is 8. The smallest absolute Gasteiger partial charge is 0.241 e. The number of pyridine rings is 1. The van der Waals surface area contributed by atoms with E-state index in [9.17, 15) is 21.2 Å². The molecule has 10 nitrogen and oxygen atoms in total. The minimum Gasteiger partial charge on any atom is -0.353 e. The van der Waals surface area contributed by atoms with Crippen LogP contribution in [-0.2, 0) is 19.9 Å². The molecule has 5 heterocycles. The molecule has 0 atom stereocenters. The summed E-state index contributed by atoms with van der Waals surface area (Å²) in [5, 5.41) is 8.00. The number of thiophene rings is 1. The van der Waals surface area contributed by atoms with E-state index < -0.39 is 25.0 Å². The van der Waals surface area contributed by atoms with Crippen molar-refractivity contribution in [3.05, 3.63) is 60.0 Å². The molecule has 0 bridgehead atoms. The third kappa shape index (κ3) is 3.93. The number of nitrogens with zero attached hydrogens (tertiary/aromatic N) is 4. The van der Waals surface area contributed by atoms with E-state index in [0.717, 1.165) is 45.2 Å². The minimum atomic E-state index is -4.02. The van der Waals surface area contributed by atoms with E-state index in [1.54, 1.807) is 12.1 Å². The maximum absolute atomic E-state index is 13.7. The Kier molecular flexibility index (Phi) is 5.12. The summed E-state index contributed by atoms with van der Waals surface area (Å²) in [5.41, 5.74) is 3.74. The van der Waals surface area contributed by atoms with Crippen LogP contribution in [0.2, 0.25) is 0 Å². The second-order valence-electron chi connectivity index (χ2n) is 8.47. The molecule has 2 N–H and O–H groups in total. The lowest BCUT2D eigenvalue weighted by Gasteiger charge is -2.08. The monoisotopic (exact) mass is 556 g/mol. The first-order chi connectivity index (χ1) is 17.5. The number of H-pyrrole nitrogens is 2. The molecule has 6 rings (SSSR count). The average molecular weight is 557 g/mol. The fraction of sp³-hybridized carbons (Fsp3) is 0.0870. The second kappa shape index (κ2) is 8.06. The molecule has 37 heavy (non-hydrogen) atoms. The molecule has 0 fully saturated rings. The van der Waals surface area contributed by atoms with Gasteiger partial charge in [0.15, 0.2) is 5.13 Å². The lowest BCUT2D eigenvalue weighted by Crippen LogP contribution is -2.18. The molecular weight excluding hydrogens is 539 g/mol. The van der Waals surface area contributed by atoms with E-state index in [4.69, 9.17) is 0 Å². The Balaban J connectivity index is 1.53. The van der Waals surface area contributed by atoms with Crippen molar-refractivity contribution in [3.63, 3.8) is 0 Å². The highest BCUT2D eigenvalue weighted by molar-refractivity contribution is 7.92. The van der Waals surface area contributed by atoms with E-state index in [1.807, 2.05) is 24.3 Å². The van der Waals surface area contributed by atoms with Crippen molar-refractivity contribution in [1.29, 1.82) is 0 Å². The van der Waals surface area contributed by atoms with Crippen LogP contribution in [-0.4, -0.2) is 58.5 Å². The topological polar surface area (TPSA) is 143 Å². The van der Waals surface area contributed by atoms with Gasteiger partial charge in [-0.1, -0.05) is 12.1 Å². The normalized spacial score (nSPS) is 12.6. The number of fused-ring (bicyclic) bond motifs is 2. The van der Waals surface area contributed by atoms with Crippen molar-refractivity contribution < 1.29 is 21.2 Å². The zero-order valence-electron chi connectivity index (χ0n) is 19.2. The summed E-state index contributed by atoms with van der Waals surface area (Å²) in [6.07, 6.45) is 4.45. The number of imidazole rings is 1. The van der Waals surface area contributed by atoms with E-state index in [2.05, 4.69) is 25.1 Å². The molecule has 14 heteroatoms. The predicted molar refractivity (Wildman–Crippen MR) is 139 cm³/mol. The zero-order chi connectivity index (χ0) is 26.1. The molecule has 0 saturated carbocycles. The first kappa shape index (κ1) is 23.5. The fourth-order valence-corrected chi connectivity index (χ4v) is 7.34. The lowest BCUT2D eigenvalue weighted by molar-refractivity contribution is 0.574. The highest BCUT2D eigenvalue weighted by atomic mass is 32.2. The van der Waals surface area contributed by atoms with E-state index in [0.29, 0.717) is 26.3 Å². The van der Waals surface area contributed by atoms with Gasteiger partial charge in [0.1, 0.15) is 11.4 Å². The lowest BCUT2D eigenvalue weighted by atomic mass is 10.1. The molecule has 0 amide bonds.